The standard InChI is InChI=1S/C31H24/c1-3-8-24(9-4-1)22-25-14-16-28(17-15-25)30-12-7-13-31(23-30)29-20-18-27(19-21-29)26-10-5-2-6-11-26/h1-21,23H,22H2. The van der Waals surface area contributed by atoms with Crippen molar-refractivity contribution < 1.29 is 0 Å². The molecule has 31 heavy (non-hydrogen) atoms. The number of rotatable bonds is 5. The van der Waals surface area contributed by atoms with Crippen molar-refractivity contribution in [3.63, 3.8) is 0 Å². The Labute approximate surface area is 184 Å². The van der Waals surface area contributed by atoms with Crippen molar-refractivity contribution in [1.82, 2.24) is 0 Å². The Bertz CT molecular complexity index is 1250. The highest BCUT2D eigenvalue weighted by Gasteiger charge is 2.04. The molecule has 0 unspecified atom stereocenters. The van der Waals surface area contributed by atoms with Gasteiger partial charge < -0.3 is 0 Å². The molecule has 0 aromatic heterocycles. The summed E-state index contributed by atoms with van der Waals surface area (Å²) in [5.74, 6) is 0. The number of benzene rings is 5. The minimum absolute atomic E-state index is 0.967. The largest absolute Gasteiger partial charge is 0.0622 e. The lowest BCUT2D eigenvalue weighted by atomic mass is 9.96. The monoisotopic (exact) mass is 396 g/mol. The maximum absolute atomic E-state index is 2.28. The summed E-state index contributed by atoms with van der Waals surface area (Å²) in [6.07, 6.45) is 0.967. The topological polar surface area (TPSA) is 0 Å². The molecule has 0 fully saturated rings. The molecule has 5 aromatic rings. The second-order valence-electron chi connectivity index (χ2n) is 7.88. The van der Waals surface area contributed by atoms with E-state index in [1.54, 1.807) is 0 Å². The van der Waals surface area contributed by atoms with E-state index in [0.29, 0.717) is 0 Å². The van der Waals surface area contributed by atoms with E-state index in [0.717, 1.165) is 6.42 Å². The van der Waals surface area contributed by atoms with Crippen molar-refractivity contribution in [3.8, 4) is 33.4 Å². The molecule has 0 radical (unpaired) electrons. The molecule has 0 atom stereocenters. The molecule has 0 heterocycles. The highest BCUT2D eigenvalue weighted by Crippen LogP contribution is 2.29. The van der Waals surface area contributed by atoms with Gasteiger partial charge in [-0.1, -0.05) is 127 Å². The summed E-state index contributed by atoms with van der Waals surface area (Å²) in [6, 6.07) is 47.7. The Kier molecular flexibility index (Phi) is 5.45. The summed E-state index contributed by atoms with van der Waals surface area (Å²) in [5.41, 5.74) is 10.1. The summed E-state index contributed by atoms with van der Waals surface area (Å²) in [5, 5.41) is 0. The van der Waals surface area contributed by atoms with E-state index in [9.17, 15) is 0 Å². The number of hydrogen-bond donors (Lipinski definition) is 0. The van der Waals surface area contributed by atoms with Gasteiger partial charge in [-0.25, -0.2) is 0 Å². The van der Waals surface area contributed by atoms with Crippen LogP contribution >= 0.6 is 0 Å². The molecule has 0 nitrogen and oxygen atoms in total. The van der Waals surface area contributed by atoms with Crippen LogP contribution in [0.15, 0.2) is 133 Å². The normalized spacial score (nSPS) is 10.7. The van der Waals surface area contributed by atoms with Gasteiger partial charge in [-0.15, -0.1) is 0 Å². The van der Waals surface area contributed by atoms with E-state index in [1.165, 1.54) is 44.5 Å². The van der Waals surface area contributed by atoms with Gasteiger partial charge in [0.1, 0.15) is 0 Å². The van der Waals surface area contributed by atoms with Crippen LogP contribution in [0.3, 0.4) is 0 Å². The first-order chi connectivity index (χ1) is 15.3. The van der Waals surface area contributed by atoms with Gasteiger partial charge in [-0.2, -0.15) is 0 Å². The molecule has 0 aliphatic carbocycles. The van der Waals surface area contributed by atoms with E-state index in [-0.39, 0.29) is 0 Å². The lowest BCUT2D eigenvalue weighted by molar-refractivity contribution is 1.19. The molecule has 0 bridgehead atoms. The predicted octanol–water partition coefficient (Wildman–Crippen LogP) is 8.28. The van der Waals surface area contributed by atoms with Crippen LogP contribution in [0.25, 0.3) is 33.4 Å². The molecular weight excluding hydrogens is 372 g/mol. The van der Waals surface area contributed by atoms with Crippen molar-refractivity contribution in [2.24, 2.45) is 0 Å². The average Bonchev–Trinajstić information content (AvgIpc) is 2.86. The van der Waals surface area contributed by atoms with Gasteiger partial charge in [0.15, 0.2) is 0 Å². The van der Waals surface area contributed by atoms with Crippen molar-refractivity contribution in [3.05, 3.63) is 145 Å². The van der Waals surface area contributed by atoms with Crippen LogP contribution in [0.2, 0.25) is 0 Å². The Morgan fingerprint density at radius 1 is 0.290 bits per heavy atom. The van der Waals surface area contributed by atoms with Crippen molar-refractivity contribution >= 4 is 0 Å². The molecular formula is C31H24. The zero-order valence-electron chi connectivity index (χ0n) is 17.4. The molecule has 0 N–H and O–H groups in total. The van der Waals surface area contributed by atoms with Crippen LogP contribution in [-0.4, -0.2) is 0 Å². The maximum atomic E-state index is 2.28. The molecule has 0 aliphatic heterocycles. The van der Waals surface area contributed by atoms with E-state index >= 15 is 0 Å². The molecule has 0 saturated heterocycles. The van der Waals surface area contributed by atoms with Gasteiger partial charge >= 0.3 is 0 Å². The second kappa shape index (κ2) is 8.85. The molecule has 5 rings (SSSR count). The minimum Gasteiger partial charge on any atom is -0.0622 e. The zero-order valence-corrected chi connectivity index (χ0v) is 17.4. The smallest absolute Gasteiger partial charge is 0.00258 e. The zero-order chi connectivity index (χ0) is 20.9. The van der Waals surface area contributed by atoms with Gasteiger partial charge in [-0.3, -0.25) is 0 Å². The van der Waals surface area contributed by atoms with E-state index in [1.807, 2.05) is 0 Å². The Balaban J connectivity index is 1.36. The van der Waals surface area contributed by atoms with Gasteiger partial charge in [0.05, 0.1) is 0 Å². The van der Waals surface area contributed by atoms with E-state index < -0.39 is 0 Å². The van der Waals surface area contributed by atoms with Crippen LogP contribution in [0.5, 0.6) is 0 Å². The fourth-order valence-electron chi connectivity index (χ4n) is 4.01. The molecule has 0 spiro atoms. The Hall–Kier alpha value is -3.90. The van der Waals surface area contributed by atoms with Gasteiger partial charge in [0.25, 0.3) is 0 Å². The van der Waals surface area contributed by atoms with Crippen LogP contribution in [-0.2, 0) is 6.42 Å². The van der Waals surface area contributed by atoms with Crippen molar-refractivity contribution in [1.29, 1.82) is 0 Å². The average molecular weight is 397 g/mol. The van der Waals surface area contributed by atoms with E-state index in [4.69, 9.17) is 0 Å². The minimum atomic E-state index is 0.967. The third-order valence-electron chi connectivity index (χ3n) is 5.73. The first-order valence-corrected chi connectivity index (χ1v) is 10.7. The lowest BCUT2D eigenvalue weighted by Gasteiger charge is -2.09. The van der Waals surface area contributed by atoms with Crippen molar-refractivity contribution in [2.75, 3.05) is 0 Å². The first-order valence-electron chi connectivity index (χ1n) is 10.7. The molecule has 0 aliphatic rings. The summed E-state index contributed by atoms with van der Waals surface area (Å²) < 4.78 is 0. The molecule has 0 amide bonds. The fraction of sp³-hybridized carbons (Fsp3) is 0.0323. The van der Waals surface area contributed by atoms with Gasteiger partial charge in [0, 0.05) is 0 Å². The number of hydrogen-bond acceptors (Lipinski definition) is 0. The Morgan fingerprint density at radius 3 is 1.26 bits per heavy atom. The van der Waals surface area contributed by atoms with E-state index in [2.05, 4.69) is 133 Å². The highest BCUT2D eigenvalue weighted by molar-refractivity contribution is 5.75. The summed E-state index contributed by atoms with van der Waals surface area (Å²) >= 11 is 0. The van der Waals surface area contributed by atoms with Crippen LogP contribution < -0.4 is 0 Å². The SMILES string of the molecule is c1ccc(Cc2ccc(-c3cccc(-c4ccc(-c5ccccc5)cc4)c3)cc2)cc1. The predicted molar refractivity (Wildman–Crippen MR) is 132 cm³/mol. The molecule has 148 valence electrons. The maximum Gasteiger partial charge on any atom is -0.00258 e. The Morgan fingerprint density at radius 2 is 0.677 bits per heavy atom. The quantitative estimate of drug-likeness (QED) is 0.280. The van der Waals surface area contributed by atoms with Crippen LogP contribution in [0, 0.1) is 0 Å². The summed E-state index contributed by atoms with van der Waals surface area (Å²) in [6.45, 7) is 0. The van der Waals surface area contributed by atoms with Crippen LogP contribution in [0.4, 0.5) is 0 Å². The molecule has 5 aromatic carbocycles. The molecule has 0 heteroatoms. The summed E-state index contributed by atoms with van der Waals surface area (Å²) in [4.78, 5) is 0. The summed E-state index contributed by atoms with van der Waals surface area (Å²) in [7, 11) is 0. The highest BCUT2D eigenvalue weighted by atomic mass is 14.1. The van der Waals surface area contributed by atoms with Gasteiger partial charge in [0.2, 0.25) is 0 Å². The first kappa shape index (κ1) is 19.1. The van der Waals surface area contributed by atoms with Crippen LogP contribution in [0.1, 0.15) is 11.1 Å². The van der Waals surface area contributed by atoms with Gasteiger partial charge in [-0.05, 0) is 57.0 Å². The third-order valence-corrected chi connectivity index (χ3v) is 5.73. The fourth-order valence-corrected chi connectivity index (χ4v) is 4.01. The third kappa shape index (κ3) is 4.49. The lowest BCUT2D eigenvalue weighted by Crippen LogP contribution is -1.88. The second-order valence-corrected chi connectivity index (χ2v) is 7.88. The molecule has 0 saturated carbocycles. The van der Waals surface area contributed by atoms with Crippen molar-refractivity contribution in [2.45, 2.75) is 6.42 Å².